The number of nitrogens with zero attached hydrogens (tertiary/aromatic N) is 1. The third-order valence-corrected chi connectivity index (χ3v) is 7.18. The van der Waals surface area contributed by atoms with E-state index in [2.05, 4.69) is 0 Å². The molecular weight excluding hydrogens is 406 g/mol. The lowest BCUT2D eigenvalue weighted by Crippen LogP contribution is -2.42. The average Bonchev–Trinajstić information content (AvgIpc) is 2.96. The molecule has 0 radical (unpaired) electrons. The molecule has 2 atom stereocenters. The second kappa shape index (κ2) is 8.00. The Morgan fingerprint density at radius 3 is 2.21 bits per heavy atom. The lowest BCUT2D eigenvalue weighted by Gasteiger charge is -2.28. The number of hydrogen-bond acceptors (Lipinski definition) is 7. The molecule has 8 nitrogen and oxygen atoms in total. The van der Waals surface area contributed by atoms with Crippen molar-refractivity contribution in [3.8, 4) is 0 Å². The van der Waals surface area contributed by atoms with Gasteiger partial charge in [-0.25, -0.2) is 13.2 Å². The van der Waals surface area contributed by atoms with Gasteiger partial charge in [-0.1, -0.05) is 17.7 Å². The maximum atomic E-state index is 12.5. The van der Waals surface area contributed by atoms with E-state index in [1.165, 1.54) is 17.0 Å². The van der Waals surface area contributed by atoms with Crippen molar-refractivity contribution in [2.45, 2.75) is 55.9 Å². The van der Waals surface area contributed by atoms with Gasteiger partial charge in [-0.05, 0) is 46.2 Å². The van der Waals surface area contributed by atoms with E-state index in [1.807, 2.05) is 6.92 Å². The SMILES string of the molecule is Cc1ccc(S(=O)(=O)OC[C@@H]2C[C@@H](S(C)(=O)=O)CN2C(=O)OC(C)(C)C)cc1. The maximum Gasteiger partial charge on any atom is 0.410 e. The first-order valence-corrected chi connectivity index (χ1v) is 12.2. The van der Waals surface area contributed by atoms with Crippen molar-refractivity contribution >= 4 is 26.0 Å². The van der Waals surface area contributed by atoms with Crippen LogP contribution in [0.2, 0.25) is 0 Å². The van der Waals surface area contributed by atoms with Crippen LogP contribution in [0.25, 0.3) is 0 Å². The van der Waals surface area contributed by atoms with Crippen LogP contribution >= 0.6 is 0 Å². The van der Waals surface area contributed by atoms with Crippen molar-refractivity contribution in [2.24, 2.45) is 0 Å². The predicted molar refractivity (Wildman–Crippen MR) is 104 cm³/mol. The summed E-state index contributed by atoms with van der Waals surface area (Å²) in [5.41, 5.74) is 0.140. The predicted octanol–water partition coefficient (Wildman–Crippen LogP) is 2.12. The first-order valence-electron chi connectivity index (χ1n) is 8.83. The van der Waals surface area contributed by atoms with E-state index in [9.17, 15) is 21.6 Å². The molecular formula is C18H27NO7S2. The second-order valence-corrected chi connectivity index (χ2v) is 12.0. The first-order chi connectivity index (χ1) is 12.7. The van der Waals surface area contributed by atoms with E-state index in [0.29, 0.717) is 0 Å². The summed E-state index contributed by atoms with van der Waals surface area (Å²) in [5.74, 6) is 0. The van der Waals surface area contributed by atoms with Gasteiger partial charge in [0.05, 0.1) is 22.8 Å². The van der Waals surface area contributed by atoms with Crippen LogP contribution in [0, 0.1) is 6.92 Å². The summed E-state index contributed by atoms with van der Waals surface area (Å²) in [6.07, 6.45) is 0.485. The average molecular weight is 434 g/mol. The van der Waals surface area contributed by atoms with Crippen LogP contribution in [0.1, 0.15) is 32.8 Å². The molecule has 1 amide bonds. The molecule has 158 valence electrons. The van der Waals surface area contributed by atoms with Gasteiger partial charge in [-0.2, -0.15) is 8.42 Å². The van der Waals surface area contributed by atoms with E-state index >= 15 is 0 Å². The minimum absolute atomic E-state index is 0.000391. The molecule has 0 saturated carbocycles. The van der Waals surface area contributed by atoms with Gasteiger partial charge >= 0.3 is 6.09 Å². The van der Waals surface area contributed by atoms with Gasteiger partial charge in [-0.3, -0.25) is 4.18 Å². The number of carbonyl (C=O) groups excluding carboxylic acids is 1. The Hall–Kier alpha value is -1.65. The van der Waals surface area contributed by atoms with Crippen molar-refractivity contribution in [1.29, 1.82) is 0 Å². The number of ether oxygens (including phenoxy) is 1. The Kier molecular flexibility index (Phi) is 6.47. The fourth-order valence-corrected chi connectivity index (χ4v) is 4.77. The monoisotopic (exact) mass is 433 g/mol. The summed E-state index contributed by atoms with van der Waals surface area (Å²) in [4.78, 5) is 13.7. The van der Waals surface area contributed by atoms with E-state index < -0.39 is 42.9 Å². The van der Waals surface area contributed by atoms with Crippen molar-refractivity contribution in [3.63, 3.8) is 0 Å². The highest BCUT2D eigenvalue weighted by Crippen LogP contribution is 2.26. The molecule has 0 spiro atoms. The van der Waals surface area contributed by atoms with Gasteiger partial charge in [0, 0.05) is 12.8 Å². The molecule has 1 fully saturated rings. The molecule has 0 aromatic heterocycles. The summed E-state index contributed by atoms with van der Waals surface area (Å²) in [6, 6.07) is 5.45. The van der Waals surface area contributed by atoms with E-state index in [4.69, 9.17) is 8.92 Å². The molecule has 1 aliphatic heterocycles. The molecule has 0 aliphatic carbocycles. The summed E-state index contributed by atoms with van der Waals surface area (Å²) in [7, 11) is -7.44. The Bertz CT molecular complexity index is 916. The van der Waals surface area contributed by atoms with Gasteiger partial charge < -0.3 is 9.64 Å². The highest BCUT2D eigenvalue weighted by atomic mass is 32.2. The molecule has 2 rings (SSSR count). The zero-order valence-electron chi connectivity index (χ0n) is 16.7. The summed E-state index contributed by atoms with van der Waals surface area (Å²) >= 11 is 0. The highest BCUT2D eigenvalue weighted by molar-refractivity contribution is 7.91. The number of hydrogen-bond donors (Lipinski definition) is 0. The molecule has 1 aromatic rings. The normalized spacial score (nSPS) is 21.0. The smallest absolute Gasteiger partial charge is 0.410 e. The molecule has 1 aliphatic rings. The van der Waals surface area contributed by atoms with E-state index in [1.54, 1.807) is 32.9 Å². The van der Waals surface area contributed by atoms with Crippen LogP contribution in [0.3, 0.4) is 0 Å². The quantitative estimate of drug-likeness (QED) is 0.655. The van der Waals surface area contributed by atoms with Gasteiger partial charge in [0.15, 0.2) is 9.84 Å². The summed E-state index contributed by atoms with van der Waals surface area (Å²) < 4.78 is 59.2. The van der Waals surface area contributed by atoms with Gasteiger partial charge in [0.2, 0.25) is 0 Å². The van der Waals surface area contributed by atoms with Crippen LogP contribution in [-0.2, 0) is 28.9 Å². The molecule has 0 N–H and O–H groups in total. The lowest BCUT2D eigenvalue weighted by atomic mass is 10.2. The summed E-state index contributed by atoms with van der Waals surface area (Å²) in [5, 5.41) is -0.796. The number of benzene rings is 1. The topological polar surface area (TPSA) is 107 Å². The molecule has 1 saturated heterocycles. The van der Waals surface area contributed by atoms with Crippen LogP contribution in [0.4, 0.5) is 4.79 Å². The van der Waals surface area contributed by atoms with Crippen LogP contribution in [0.15, 0.2) is 29.2 Å². The maximum absolute atomic E-state index is 12.5. The standard InChI is InChI=1S/C18H27NO7S2/c1-13-6-8-15(9-7-13)28(23,24)25-12-14-10-16(27(5,21)22)11-19(14)17(20)26-18(2,3)4/h6-9,14,16H,10-12H2,1-5H3/t14-,16+/m0/s1. The lowest BCUT2D eigenvalue weighted by molar-refractivity contribution is 0.0189. The van der Waals surface area contributed by atoms with Gasteiger partial charge in [0.1, 0.15) is 5.60 Å². The molecule has 0 unspecified atom stereocenters. The molecule has 1 heterocycles. The van der Waals surface area contributed by atoms with Crippen LogP contribution in [-0.4, -0.2) is 64.1 Å². The second-order valence-electron chi connectivity index (χ2n) is 8.03. The van der Waals surface area contributed by atoms with E-state index in [0.717, 1.165) is 11.8 Å². The van der Waals surface area contributed by atoms with E-state index in [-0.39, 0.29) is 24.5 Å². The molecule has 0 bridgehead atoms. The molecule has 1 aromatic carbocycles. The number of aryl methyl sites for hydroxylation is 1. The number of sulfone groups is 1. The number of carbonyl (C=O) groups is 1. The zero-order chi connectivity index (χ0) is 21.3. The summed E-state index contributed by atoms with van der Waals surface area (Å²) in [6.45, 7) is 6.51. The van der Waals surface area contributed by atoms with Crippen LogP contribution < -0.4 is 0 Å². The molecule has 10 heteroatoms. The fourth-order valence-electron chi connectivity index (χ4n) is 2.83. The largest absolute Gasteiger partial charge is 0.444 e. The number of amides is 1. The minimum atomic E-state index is -4.03. The van der Waals surface area contributed by atoms with Gasteiger partial charge in [0.25, 0.3) is 10.1 Å². The van der Waals surface area contributed by atoms with Crippen LogP contribution in [0.5, 0.6) is 0 Å². The van der Waals surface area contributed by atoms with Crippen molar-refractivity contribution in [2.75, 3.05) is 19.4 Å². The third-order valence-electron chi connectivity index (χ3n) is 4.33. The Morgan fingerprint density at radius 2 is 1.71 bits per heavy atom. The Labute approximate surface area is 166 Å². The molecule has 28 heavy (non-hydrogen) atoms. The van der Waals surface area contributed by atoms with Crippen molar-refractivity contribution in [3.05, 3.63) is 29.8 Å². The van der Waals surface area contributed by atoms with Gasteiger partial charge in [-0.15, -0.1) is 0 Å². The number of likely N-dealkylation sites (tertiary alicyclic amines) is 1. The highest BCUT2D eigenvalue weighted by Gasteiger charge is 2.42. The van der Waals surface area contributed by atoms with Crippen molar-refractivity contribution in [1.82, 2.24) is 4.90 Å². The Balaban J connectivity index is 2.17. The fraction of sp³-hybridized carbons (Fsp3) is 0.611. The zero-order valence-corrected chi connectivity index (χ0v) is 18.3. The van der Waals surface area contributed by atoms with Crippen molar-refractivity contribution < 1.29 is 30.6 Å². The Morgan fingerprint density at radius 1 is 1.14 bits per heavy atom. The third kappa shape index (κ3) is 5.92. The number of rotatable bonds is 5. The minimum Gasteiger partial charge on any atom is -0.444 e. The first kappa shape index (κ1) is 22.6.